The number of para-hydroxylation sites is 1. The molecule has 0 saturated heterocycles. The maximum Gasteiger partial charge on any atom is 0.345 e. The van der Waals surface area contributed by atoms with Crippen LogP contribution in [0.1, 0.15) is 11.7 Å². The normalized spacial score (nSPS) is 11.3. The molecule has 142 valence electrons. The van der Waals surface area contributed by atoms with E-state index < -0.39 is 23.8 Å². The van der Waals surface area contributed by atoms with Gasteiger partial charge in [-0.1, -0.05) is 48.5 Å². The first-order chi connectivity index (χ1) is 13.6. The van der Waals surface area contributed by atoms with Crippen LogP contribution >= 0.6 is 0 Å². The molecule has 0 bridgehead atoms. The zero-order valence-electron chi connectivity index (χ0n) is 14.9. The Balaban J connectivity index is 1.69. The van der Waals surface area contributed by atoms with Gasteiger partial charge in [-0.15, -0.1) is 0 Å². The molecule has 0 spiro atoms. The van der Waals surface area contributed by atoms with Gasteiger partial charge in [0.25, 0.3) is 5.91 Å². The zero-order valence-corrected chi connectivity index (χ0v) is 14.9. The highest BCUT2D eigenvalue weighted by Crippen LogP contribution is 2.21. The molecule has 0 unspecified atom stereocenters. The van der Waals surface area contributed by atoms with E-state index in [1.165, 1.54) is 24.3 Å². The van der Waals surface area contributed by atoms with Crippen LogP contribution in [0, 0.1) is 5.82 Å². The van der Waals surface area contributed by atoms with Crippen LogP contribution in [0.15, 0.2) is 84.9 Å². The molecule has 0 aromatic heterocycles. The second-order valence-corrected chi connectivity index (χ2v) is 5.88. The summed E-state index contributed by atoms with van der Waals surface area (Å²) in [6.07, 6.45) is -1.17. The average Bonchev–Trinajstić information content (AvgIpc) is 2.73. The maximum absolute atomic E-state index is 13.0. The van der Waals surface area contributed by atoms with Crippen molar-refractivity contribution in [2.75, 3.05) is 11.9 Å². The lowest BCUT2D eigenvalue weighted by Crippen LogP contribution is -2.28. The Morgan fingerprint density at radius 3 is 2.11 bits per heavy atom. The summed E-state index contributed by atoms with van der Waals surface area (Å²) in [6, 6.07) is 22.8. The number of rotatable bonds is 7. The second kappa shape index (κ2) is 9.32. The van der Waals surface area contributed by atoms with E-state index in [4.69, 9.17) is 9.47 Å². The number of hydrogen-bond donors (Lipinski definition) is 1. The molecule has 1 atom stereocenters. The summed E-state index contributed by atoms with van der Waals surface area (Å²) in [7, 11) is 0. The van der Waals surface area contributed by atoms with Crippen LogP contribution in [0.3, 0.4) is 0 Å². The summed E-state index contributed by atoms with van der Waals surface area (Å²) in [5, 5.41) is 2.62. The van der Waals surface area contributed by atoms with Crippen molar-refractivity contribution >= 4 is 17.6 Å². The summed E-state index contributed by atoms with van der Waals surface area (Å²) < 4.78 is 23.8. The fourth-order valence-electron chi connectivity index (χ4n) is 2.47. The number of ether oxygens (including phenoxy) is 2. The van der Waals surface area contributed by atoms with Crippen molar-refractivity contribution in [2.45, 2.75) is 6.10 Å². The van der Waals surface area contributed by atoms with Gasteiger partial charge in [-0.2, -0.15) is 0 Å². The quantitative estimate of drug-likeness (QED) is 0.627. The predicted octanol–water partition coefficient (Wildman–Crippen LogP) is 4.13. The molecular formula is C22H18FNO4. The molecule has 0 heterocycles. The SMILES string of the molecule is O=C(COc1ccccc1)O[C@H](C(=O)Nc1ccc(F)cc1)c1ccccc1. The Morgan fingerprint density at radius 2 is 1.46 bits per heavy atom. The van der Waals surface area contributed by atoms with Crippen molar-refractivity contribution in [3.05, 3.63) is 96.3 Å². The van der Waals surface area contributed by atoms with E-state index in [-0.39, 0.29) is 6.61 Å². The number of hydrogen-bond acceptors (Lipinski definition) is 4. The number of benzene rings is 3. The van der Waals surface area contributed by atoms with Gasteiger partial charge in [0.15, 0.2) is 6.61 Å². The highest BCUT2D eigenvalue weighted by atomic mass is 19.1. The third-order valence-electron chi connectivity index (χ3n) is 3.80. The third-order valence-corrected chi connectivity index (χ3v) is 3.80. The molecule has 6 heteroatoms. The highest BCUT2D eigenvalue weighted by Gasteiger charge is 2.25. The Bertz CT molecular complexity index is 914. The van der Waals surface area contributed by atoms with Gasteiger partial charge in [-0.25, -0.2) is 9.18 Å². The molecule has 0 fully saturated rings. The summed E-state index contributed by atoms with van der Waals surface area (Å²) in [5.74, 6) is -1.13. The lowest BCUT2D eigenvalue weighted by Gasteiger charge is -2.18. The Hall–Kier alpha value is -3.67. The molecule has 0 radical (unpaired) electrons. The van der Waals surface area contributed by atoms with E-state index in [1.54, 1.807) is 54.6 Å². The van der Waals surface area contributed by atoms with Gasteiger partial charge in [-0.3, -0.25) is 4.79 Å². The minimum absolute atomic E-state index is 0.336. The molecule has 0 aliphatic carbocycles. The van der Waals surface area contributed by atoms with Crippen LogP contribution in [-0.2, 0) is 14.3 Å². The van der Waals surface area contributed by atoms with E-state index >= 15 is 0 Å². The molecule has 0 aliphatic heterocycles. The van der Waals surface area contributed by atoms with Crippen molar-refractivity contribution in [2.24, 2.45) is 0 Å². The van der Waals surface area contributed by atoms with Crippen molar-refractivity contribution in [1.29, 1.82) is 0 Å². The first-order valence-corrected chi connectivity index (χ1v) is 8.60. The van der Waals surface area contributed by atoms with Crippen molar-refractivity contribution < 1.29 is 23.5 Å². The van der Waals surface area contributed by atoms with Crippen LogP contribution in [0.4, 0.5) is 10.1 Å². The molecule has 3 aromatic rings. The topological polar surface area (TPSA) is 64.6 Å². The van der Waals surface area contributed by atoms with Crippen molar-refractivity contribution in [3.63, 3.8) is 0 Å². The van der Waals surface area contributed by atoms with E-state index in [0.29, 0.717) is 17.0 Å². The van der Waals surface area contributed by atoms with E-state index in [0.717, 1.165) is 0 Å². The van der Waals surface area contributed by atoms with Crippen LogP contribution in [-0.4, -0.2) is 18.5 Å². The van der Waals surface area contributed by atoms with Gasteiger partial charge in [-0.05, 0) is 36.4 Å². The van der Waals surface area contributed by atoms with Crippen molar-refractivity contribution in [3.8, 4) is 5.75 Å². The second-order valence-electron chi connectivity index (χ2n) is 5.88. The van der Waals surface area contributed by atoms with Gasteiger partial charge >= 0.3 is 5.97 Å². The fourth-order valence-corrected chi connectivity index (χ4v) is 2.47. The van der Waals surface area contributed by atoms with Crippen LogP contribution < -0.4 is 10.1 Å². The van der Waals surface area contributed by atoms with Crippen molar-refractivity contribution in [1.82, 2.24) is 0 Å². The average molecular weight is 379 g/mol. The number of carbonyl (C=O) groups excluding carboxylic acids is 2. The number of nitrogens with one attached hydrogen (secondary N) is 1. The third kappa shape index (κ3) is 5.41. The lowest BCUT2D eigenvalue weighted by molar-refractivity contribution is -0.156. The molecular weight excluding hydrogens is 361 g/mol. The largest absolute Gasteiger partial charge is 0.482 e. The number of esters is 1. The first-order valence-electron chi connectivity index (χ1n) is 8.60. The summed E-state index contributed by atoms with van der Waals surface area (Å²) in [4.78, 5) is 24.9. The smallest absolute Gasteiger partial charge is 0.345 e. The molecule has 3 rings (SSSR count). The minimum Gasteiger partial charge on any atom is -0.482 e. The first kappa shape index (κ1) is 19.1. The van der Waals surface area contributed by atoms with Crippen LogP contribution in [0.2, 0.25) is 0 Å². The molecule has 3 aromatic carbocycles. The molecule has 0 aliphatic rings. The van der Waals surface area contributed by atoms with Gasteiger partial charge < -0.3 is 14.8 Å². The molecule has 1 N–H and O–H groups in total. The van der Waals surface area contributed by atoms with Crippen LogP contribution in [0.25, 0.3) is 0 Å². The van der Waals surface area contributed by atoms with Crippen LogP contribution in [0.5, 0.6) is 5.75 Å². The molecule has 0 saturated carbocycles. The van der Waals surface area contributed by atoms with Gasteiger partial charge in [0.2, 0.25) is 6.10 Å². The standard InChI is InChI=1S/C22H18FNO4/c23-17-11-13-18(14-12-17)24-22(26)21(16-7-3-1-4-8-16)28-20(25)15-27-19-9-5-2-6-10-19/h1-14,21H,15H2,(H,24,26)/t21-/m0/s1. The zero-order chi connectivity index (χ0) is 19.8. The number of carbonyl (C=O) groups is 2. The van der Waals surface area contributed by atoms with Gasteiger partial charge in [0, 0.05) is 11.3 Å². The van der Waals surface area contributed by atoms with Gasteiger partial charge in [0.05, 0.1) is 0 Å². The lowest BCUT2D eigenvalue weighted by atomic mass is 10.1. The Kier molecular flexibility index (Phi) is 6.36. The van der Waals surface area contributed by atoms with E-state index in [2.05, 4.69) is 5.32 Å². The minimum atomic E-state index is -1.17. The highest BCUT2D eigenvalue weighted by molar-refractivity contribution is 5.96. The number of anilines is 1. The molecule has 5 nitrogen and oxygen atoms in total. The molecule has 28 heavy (non-hydrogen) atoms. The Labute approximate surface area is 161 Å². The van der Waals surface area contributed by atoms with E-state index in [1.807, 2.05) is 6.07 Å². The predicted molar refractivity (Wildman–Crippen MR) is 102 cm³/mol. The Morgan fingerprint density at radius 1 is 0.857 bits per heavy atom. The summed E-state index contributed by atoms with van der Waals surface area (Å²) in [5.41, 5.74) is 0.902. The monoisotopic (exact) mass is 379 g/mol. The van der Waals surface area contributed by atoms with E-state index in [9.17, 15) is 14.0 Å². The molecule has 1 amide bonds. The fraction of sp³-hybridized carbons (Fsp3) is 0.0909. The summed E-state index contributed by atoms with van der Waals surface area (Å²) >= 11 is 0. The van der Waals surface area contributed by atoms with Gasteiger partial charge in [0.1, 0.15) is 11.6 Å². The summed E-state index contributed by atoms with van der Waals surface area (Å²) in [6.45, 7) is -0.336. The maximum atomic E-state index is 13.0. The number of amides is 1. The number of halogens is 1.